The number of ether oxygens (including phenoxy) is 1. The summed E-state index contributed by atoms with van der Waals surface area (Å²) in [6, 6.07) is 16.5. The zero-order valence-electron chi connectivity index (χ0n) is 14.7. The highest BCUT2D eigenvalue weighted by Gasteiger charge is 2.12. The van der Waals surface area contributed by atoms with Crippen LogP contribution in [0.5, 0.6) is 0 Å². The Labute approximate surface area is 156 Å². The lowest BCUT2D eigenvalue weighted by Gasteiger charge is -2.10. The van der Waals surface area contributed by atoms with Gasteiger partial charge in [-0.2, -0.15) is 0 Å². The van der Waals surface area contributed by atoms with Crippen LogP contribution in [0.15, 0.2) is 67.0 Å². The van der Waals surface area contributed by atoms with Gasteiger partial charge in [0.15, 0.2) is 0 Å². The lowest BCUT2D eigenvalue weighted by Crippen LogP contribution is -2.24. The summed E-state index contributed by atoms with van der Waals surface area (Å²) >= 11 is 0. The first-order chi connectivity index (χ1) is 13.2. The van der Waals surface area contributed by atoms with Crippen LogP contribution < -0.4 is 10.6 Å². The Morgan fingerprint density at radius 2 is 1.70 bits per heavy atom. The number of hydrogen-bond donors (Lipinski definition) is 2. The van der Waals surface area contributed by atoms with Crippen LogP contribution in [-0.2, 0) is 11.3 Å². The number of rotatable bonds is 6. The molecule has 0 aliphatic rings. The van der Waals surface area contributed by atoms with E-state index in [0.717, 1.165) is 5.56 Å². The van der Waals surface area contributed by atoms with Gasteiger partial charge < -0.3 is 15.4 Å². The molecule has 3 aromatic rings. The second-order valence-corrected chi connectivity index (χ2v) is 5.62. The maximum Gasteiger partial charge on any atom is 0.339 e. The quantitative estimate of drug-likeness (QED) is 0.655. The Morgan fingerprint density at radius 3 is 2.41 bits per heavy atom. The molecule has 0 unspecified atom stereocenters. The van der Waals surface area contributed by atoms with E-state index in [1.54, 1.807) is 24.3 Å². The molecule has 27 heavy (non-hydrogen) atoms. The van der Waals surface area contributed by atoms with Crippen LogP contribution >= 0.6 is 0 Å². The lowest BCUT2D eigenvalue weighted by atomic mass is 10.2. The molecule has 0 atom stereocenters. The molecule has 0 fully saturated rings. The number of nitrogens with one attached hydrogen (secondary N) is 2. The molecule has 0 aliphatic heterocycles. The fourth-order valence-electron chi connectivity index (χ4n) is 2.40. The summed E-state index contributed by atoms with van der Waals surface area (Å²) in [5.41, 5.74) is 2.13. The second-order valence-electron chi connectivity index (χ2n) is 5.62. The molecule has 0 saturated heterocycles. The number of amides is 1. The van der Waals surface area contributed by atoms with Gasteiger partial charge in [0.1, 0.15) is 11.5 Å². The van der Waals surface area contributed by atoms with Crippen LogP contribution in [0.2, 0.25) is 0 Å². The molecule has 0 spiro atoms. The average Bonchev–Trinajstić information content (AvgIpc) is 2.73. The topological polar surface area (TPSA) is 93.2 Å². The van der Waals surface area contributed by atoms with Gasteiger partial charge in [0.2, 0.25) is 0 Å². The summed E-state index contributed by atoms with van der Waals surface area (Å²) in [5, 5.41) is 5.80. The SMILES string of the molecule is COC(=O)c1ccccc1Nc1cnc(C(=O)NCc2ccccc2)cn1. The highest BCUT2D eigenvalue weighted by atomic mass is 16.5. The molecule has 3 rings (SSSR count). The van der Waals surface area contributed by atoms with Gasteiger partial charge in [-0.05, 0) is 17.7 Å². The third kappa shape index (κ3) is 4.66. The van der Waals surface area contributed by atoms with E-state index in [1.807, 2.05) is 30.3 Å². The monoisotopic (exact) mass is 362 g/mol. The molecule has 1 heterocycles. The maximum atomic E-state index is 12.2. The number of methoxy groups -OCH3 is 1. The van der Waals surface area contributed by atoms with E-state index in [-0.39, 0.29) is 11.6 Å². The Morgan fingerprint density at radius 1 is 0.963 bits per heavy atom. The Hall–Kier alpha value is -3.74. The van der Waals surface area contributed by atoms with Crippen molar-refractivity contribution >= 4 is 23.4 Å². The van der Waals surface area contributed by atoms with E-state index in [1.165, 1.54) is 19.5 Å². The second kappa shape index (κ2) is 8.57. The average molecular weight is 362 g/mol. The molecule has 1 amide bonds. The van der Waals surface area contributed by atoms with Crippen LogP contribution in [0.25, 0.3) is 0 Å². The molecule has 0 aliphatic carbocycles. The summed E-state index contributed by atoms with van der Waals surface area (Å²) < 4.78 is 4.76. The fraction of sp³-hybridized carbons (Fsp3) is 0.100. The minimum atomic E-state index is -0.456. The molecule has 1 aromatic heterocycles. The molecule has 0 bridgehead atoms. The third-order valence-corrected chi connectivity index (χ3v) is 3.78. The number of hydrogen-bond acceptors (Lipinski definition) is 6. The highest BCUT2D eigenvalue weighted by molar-refractivity contribution is 5.96. The zero-order valence-corrected chi connectivity index (χ0v) is 14.7. The van der Waals surface area contributed by atoms with Crippen LogP contribution in [0.3, 0.4) is 0 Å². The van der Waals surface area contributed by atoms with Gasteiger partial charge in [0, 0.05) is 6.54 Å². The van der Waals surface area contributed by atoms with E-state index in [0.29, 0.717) is 23.6 Å². The van der Waals surface area contributed by atoms with Gasteiger partial charge in [-0.15, -0.1) is 0 Å². The van der Waals surface area contributed by atoms with Crippen molar-refractivity contribution in [1.82, 2.24) is 15.3 Å². The molecule has 2 aromatic carbocycles. The van der Waals surface area contributed by atoms with E-state index in [9.17, 15) is 9.59 Å². The normalized spacial score (nSPS) is 10.1. The number of anilines is 2. The van der Waals surface area contributed by atoms with Crippen LogP contribution in [0.4, 0.5) is 11.5 Å². The van der Waals surface area contributed by atoms with Crippen molar-refractivity contribution in [2.24, 2.45) is 0 Å². The Bertz CT molecular complexity index is 927. The number of benzene rings is 2. The summed E-state index contributed by atoms with van der Waals surface area (Å²) in [6.45, 7) is 0.411. The number of nitrogens with zero attached hydrogens (tertiary/aromatic N) is 2. The van der Waals surface area contributed by atoms with Crippen molar-refractivity contribution in [2.75, 3.05) is 12.4 Å². The Balaban J connectivity index is 1.65. The lowest BCUT2D eigenvalue weighted by molar-refractivity contribution is 0.0601. The van der Waals surface area contributed by atoms with Crippen LogP contribution in [0, 0.1) is 0 Å². The van der Waals surface area contributed by atoms with Gasteiger partial charge in [-0.3, -0.25) is 4.79 Å². The standard InChI is InChI=1S/C20H18N4O3/c1-27-20(26)15-9-5-6-10-16(15)24-18-13-21-17(12-22-18)19(25)23-11-14-7-3-2-4-8-14/h2-10,12-13H,11H2,1H3,(H,22,24)(H,23,25). The first kappa shape index (κ1) is 18.1. The molecule has 7 heteroatoms. The smallest absolute Gasteiger partial charge is 0.339 e. The fourth-order valence-corrected chi connectivity index (χ4v) is 2.40. The molecule has 0 saturated carbocycles. The Kier molecular flexibility index (Phi) is 5.73. The van der Waals surface area contributed by atoms with Gasteiger partial charge in [-0.25, -0.2) is 14.8 Å². The maximum absolute atomic E-state index is 12.2. The van der Waals surface area contributed by atoms with Crippen molar-refractivity contribution < 1.29 is 14.3 Å². The van der Waals surface area contributed by atoms with E-state index in [4.69, 9.17) is 4.74 Å². The molecule has 136 valence electrons. The first-order valence-electron chi connectivity index (χ1n) is 8.26. The van der Waals surface area contributed by atoms with Crippen LogP contribution in [0.1, 0.15) is 26.4 Å². The van der Waals surface area contributed by atoms with E-state index >= 15 is 0 Å². The summed E-state index contributed by atoms with van der Waals surface area (Å²) in [6.07, 6.45) is 2.81. The van der Waals surface area contributed by atoms with Crippen molar-refractivity contribution in [1.29, 1.82) is 0 Å². The van der Waals surface area contributed by atoms with Gasteiger partial charge in [0.25, 0.3) is 5.91 Å². The van der Waals surface area contributed by atoms with Gasteiger partial charge in [-0.1, -0.05) is 42.5 Å². The number of carbonyl (C=O) groups excluding carboxylic acids is 2. The van der Waals surface area contributed by atoms with Crippen molar-refractivity contribution in [3.63, 3.8) is 0 Å². The van der Waals surface area contributed by atoms with Gasteiger partial charge in [0.05, 0.1) is 30.8 Å². The number of aromatic nitrogens is 2. The van der Waals surface area contributed by atoms with Crippen molar-refractivity contribution in [3.05, 3.63) is 83.8 Å². The molecule has 7 nitrogen and oxygen atoms in total. The molecular weight excluding hydrogens is 344 g/mol. The molecule has 2 N–H and O–H groups in total. The van der Waals surface area contributed by atoms with E-state index in [2.05, 4.69) is 20.6 Å². The van der Waals surface area contributed by atoms with Crippen LogP contribution in [-0.4, -0.2) is 29.0 Å². The largest absolute Gasteiger partial charge is 0.465 e. The highest BCUT2D eigenvalue weighted by Crippen LogP contribution is 2.19. The number of esters is 1. The van der Waals surface area contributed by atoms with Gasteiger partial charge >= 0.3 is 5.97 Å². The van der Waals surface area contributed by atoms with E-state index < -0.39 is 5.97 Å². The molecule has 0 radical (unpaired) electrons. The summed E-state index contributed by atoms with van der Waals surface area (Å²) in [7, 11) is 1.32. The van der Waals surface area contributed by atoms with Crippen molar-refractivity contribution in [2.45, 2.75) is 6.54 Å². The summed E-state index contributed by atoms with van der Waals surface area (Å²) in [5.74, 6) is -0.359. The van der Waals surface area contributed by atoms with Crippen molar-refractivity contribution in [3.8, 4) is 0 Å². The number of carbonyl (C=O) groups is 2. The first-order valence-corrected chi connectivity index (χ1v) is 8.26. The predicted octanol–water partition coefficient (Wildman–Crippen LogP) is 2.94. The predicted molar refractivity (Wildman–Crippen MR) is 101 cm³/mol. The number of para-hydroxylation sites is 1. The zero-order chi connectivity index (χ0) is 19.1. The molecular formula is C20H18N4O3. The third-order valence-electron chi connectivity index (χ3n) is 3.78. The minimum Gasteiger partial charge on any atom is -0.465 e. The minimum absolute atomic E-state index is 0.206. The summed E-state index contributed by atoms with van der Waals surface area (Å²) in [4.78, 5) is 32.3.